The predicted octanol–water partition coefficient (Wildman–Crippen LogP) is 4.38. The molecule has 178 valence electrons. The van der Waals surface area contributed by atoms with Crippen molar-refractivity contribution in [2.24, 2.45) is 0 Å². The van der Waals surface area contributed by atoms with Gasteiger partial charge in [-0.15, -0.1) is 0 Å². The number of allylic oxidation sites excluding steroid dienone is 1. The molecule has 0 radical (unpaired) electrons. The van der Waals surface area contributed by atoms with Gasteiger partial charge in [-0.05, 0) is 78.9 Å². The first kappa shape index (κ1) is 22.7. The van der Waals surface area contributed by atoms with E-state index in [0.29, 0.717) is 29.4 Å². The molecule has 0 bridgehead atoms. The molecule has 8 heteroatoms. The molecule has 0 spiro atoms. The number of ether oxygens (including phenoxy) is 1. The summed E-state index contributed by atoms with van der Waals surface area (Å²) in [5.74, 6) is 0.894. The summed E-state index contributed by atoms with van der Waals surface area (Å²) in [6.45, 7) is 2.13. The minimum absolute atomic E-state index is 0.211. The van der Waals surface area contributed by atoms with Crippen LogP contribution in [0.25, 0.3) is 28.6 Å². The van der Waals surface area contributed by atoms with Gasteiger partial charge in [0.1, 0.15) is 17.4 Å². The van der Waals surface area contributed by atoms with Gasteiger partial charge in [0.05, 0.1) is 42.7 Å². The molecule has 0 saturated heterocycles. The molecule has 5 rings (SSSR count). The van der Waals surface area contributed by atoms with Gasteiger partial charge in [0.2, 0.25) is 0 Å². The van der Waals surface area contributed by atoms with Gasteiger partial charge in [0, 0.05) is 12.7 Å². The van der Waals surface area contributed by atoms with Gasteiger partial charge in [0.25, 0.3) is 5.56 Å². The number of benzene rings is 2. The van der Waals surface area contributed by atoms with Crippen molar-refractivity contribution in [1.29, 1.82) is 0 Å². The number of aliphatic hydroxyl groups is 1. The van der Waals surface area contributed by atoms with E-state index in [0.717, 1.165) is 35.4 Å². The number of rotatable bonds is 5. The molecule has 1 aliphatic rings. The average Bonchev–Trinajstić information content (AvgIpc) is 3.30. The molecular formula is C27H25FN4O3. The van der Waals surface area contributed by atoms with E-state index in [2.05, 4.69) is 9.97 Å². The number of hydrogen-bond donors (Lipinski definition) is 1. The fraction of sp³-hybridized carbons (Fsp3) is 0.222. The van der Waals surface area contributed by atoms with Gasteiger partial charge in [-0.25, -0.2) is 9.37 Å². The maximum Gasteiger partial charge on any atom is 0.279 e. The van der Waals surface area contributed by atoms with Gasteiger partial charge < -0.3 is 19.0 Å². The molecule has 0 amide bonds. The molecule has 2 aromatic carbocycles. The van der Waals surface area contributed by atoms with Crippen molar-refractivity contribution < 1.29 is 14.2 Å². The van der Waals surface area contributed by atoms with Crippen LogP contribution in [0, 0.1) is 12.7 Å². The number of aliphatic hydroxyl groups excluding tert-OH is 1. The van der Waals surface area contributed by atoms with Crippen LogP contribution in [0.3, 0.4) is 0 Å². The van der Waals surface area contributed by atoms with Crippen LogP contribution in [0.1, 0.15) is 35.5 Å². The van der Waals surface area contributed by atoms with Crippen LogP contribution < -0.4 is 10.3 Å². The van der Waals surface area contributed by atoms with Crippen molar-refractivity contribution in [1.82, 2.24) is 19.1 Å². The zero-order chi connectivity index (χ0) is 24.5. The van der Waals surface area contributed by atoms with Crippen LogP contribution in [-0.4, -0.2) is 31.3 Å². The van der Waals surface area contributed by atoms with E-state index < -0.39 is 12.2 Å². The molecule has 35 heavy (non-hydrogen) atoms. The Morgan fingerprint density at radius 2 is 2.00 bits per heavy atom. The minimum Gasteiger partial charge on any atom is -0.495 e. The van der Waals surface area contributed by atoms with E-state index in [1.807, 2.05) is 46.5 Å². The summed E-state index contributed by atoms with van der Waals surface area (Å²) in [5, 5.41) is 9.93. The Balaban J connectivity index is 1.62. The highest BCUT2D eigenvalue weighted by molar-refractivity contribution is 5.81. The predicted molar refractivity (Wildman–Crippen MR) is 132 cm³/mol. The zero-order valence-corrected chi connectivity index (χ0v) is 19.5. The van der Waals surface area contributed by atoms with E-state index in [1.54, 1.807) is 25.6 Å². The maximum atomic E-state index is 13.6. The van der Waals surface area contributed by atoms with Gasteiger partial charge >= 0.3 is 0 Å². The largest absolute Gasteiger partial charge is 0.495 e. The lowest BCUT2D eigenvalue weighted by Gasteiger charge is -2.26. The highest BCUT2D eigenvalue weighted by Crippen LogP contribution is 2.33. The number of aryl methyl sites for hydroxylation is 1. The van der Waals surface area contributed by atoms with Crippen LogP contribution in [0.15, 0.2) is 59.8 Å². The Kier molecular flexibility index (Phi) is 6.05. The number of imidazole rings is 1. The first-order valence-electron chi connectivity index (χ1n) is 11.4. The molecule has 0 saturated carbocycles. The molecule has 4 aromatic rings. The summed E-state index contributed by atoms with van der Waals surface area (Å²) in [6, 6.07) is 11.8. The van der Waals surface area contributed by atoms with Crippen LogP contribution in [-0.2, 0) is 13.2 Å². The number of nitrogens with zero attached hydrogens (tertiary/aromatic N) is 4. The molecule has 0 fully saturated rings. The van der Waals surface area contributed by atoms with Crippen LogP contribution in [0.4, 0.5) is 4.39 Å². The highest BCUT2D eigenvalue weighted by atomic mass is 19.1. The summed E-state index contributed by atoms with van der Waals surface area (Å²) in [7, 11) is 1.63. The SMILES string of the molecule is COc1cc(C=C2CCCn3c2nc(=O)c(CO)c3-c2ccc(F)cc2)ccc1-n1cnc(C)c1. The third kappa shape index (κ3) is 4.28. The monoisotopic (exact) mass is 472 g/mol. The Labute approximate surface area is 201 Å². The third-order valence-corrected chi connectivity index (χ3v) is 6.20. The van der Waals surface area contributed by atoms with E-state index in [1.165, 1.54) is 12.1 Å². The van der Waals surface area contributed by atoms with E-state index >= 15 is 0 Å². The molecule has 0 atom stereocenters. The fourth-order valence-corrected chi connectivity index (χ4v) is 4.56. The fourth-order valence-electron chi connectivity index (χ4n) is 4.56. The van der Waals surface area contributed by atoms with Gasteiger partial charge in [0.15, 0.2) is 0 Å². The topological polar surface area (TPSA) is 82.2 Å². The van der Waals surface area contributed by atoms with Crippen molar-refractivity contribution in [2.75, 3.05) is 7.11 Å². The van der Waals surface area contributed by atoms with Gasteiger partial charge in [-0.2, -0.15) is 4.98 Å². The zero-order valence-electron chi connectivity index (χ0n) is 19.5. The van der Waals surface area contributed by atoms with Crippen molar-refractivity contribution in [3.63, 3.8) is 0 Å². The first-order chi connectivity index (χ1) is 17.0. The van der Waals surface area contributed by atoms with Crippen molar-refractivity contribution in [3.8, 4) is 22.7 Å². The molecule has 0 unspecified atom stereocenters. The molecule has 1 N–H and O–H groups in total. The first-order valence-corrected chi connectivity index (χ1v) is 11.4. The summed E-state index contributed by atoms with van der Waals surface area (Å²) in [4.78, 5) is 21.5. The molecule has 3 heterocycles. The van der Waals surface area contributed by atoms with E-state index in [4.69, 9.17) is 4.74 Å². The molecular weight excluding hydrogens is 447 g/mol. The second-order valence-electron chi connectivity index (χ2n) is 8.51. The second kappa shape index (κ2) is 9.31. The Morgan fingerprint density at radius 3 is 2.69 bits per heavy atom. The quantitative estimate of drug-likeness (QED) is 0.466. The summed E-state index contributed by atoms with van der Waals surface area (Å²) in [5.41, 5.74) is 4.59. The molecule has 2 aromatic heterocycles. The smallest absolute Gasteiger partial charge is 0.279 e. The van der Waals surface area contributed by atoms with Crippen molar-refractivity contribution in [3.05, 3.63) is 93.8 Å². The standard InChI is InChI=1S/C27H25FN4O3/c1-17-14-31(16-29-17)23-10-5-18(13-24(23)35-2)12-20-4-3-11-32-25(19-6-8-21(28)9-7-19)22(15-33)27(34)30-26(20)32/h5-10,12-14,16,33H,3-4,11,15H2,1-2H3. The summed E-state index contributed by atoms with van der Waals surface area (Å²) < 4.78 is 23.1. The highest BCUT2D eigenvalue weighted by Gasteiger charge is 2.23. The van der Waals surface area contributed by atoms with Crippen molar-refractivity contribution >= 4 is 11.6 Å². The lowest BCUT2D eigenvalue weighted by molar-refractivity contribution is 0.279. The summed E-state index contributed by atoms with van der Waals surface area (Å²) in [6.07, 6.45) is 7.27. The molecule has 1 aliphatic heterocycles. The Bertz CT molecular complexity index is 1490. The lowest BCUT2D eigenvalue weighted by Crippen LogP contribution is -2.26. The number of hydrogen-bond acceptors (Lipinski definition) is 5. The lowest BCUT2D eigenvalue weighted by atomic mass is 9.98. The maximum absolute atomic E-state index is 13.6. The number of methoxy groups -OCH3 is 1. The van der Waals surface area contributed by atoms with E-state index in [9.17, 15) is 14.3 Å². The summed E-state index contributed by atoms with van der Waals surface area (Å²) >= 11 is 0. The van der Waals surface area contributed by atoms with Crippen LogP contribution >= 0.6 is 0 Å². The van der Waals surface area contributed by atoms with Gasteiger partial charge in [-0.1, -0.05) is 6.07 Å². The average molecular weight is 473 g/mol. The number of aromatic nitrogens is 4. The Morgan fingerprint density at radius 1 is 1.20 bits per heavy atom. The van der Waals surface area contributed by atoms with Crippen molar-refractivity contribution in [2.45, 2.75) is 32.9 Å². The van der Waals surface area contributed by atoms with E-state index in [-0.39, 0.29) is 11.4 Å². The molecule has 7 nitrogen and oxygen atoms in total. The van der Waals surface area contributed by atoms with Crippen LogP contribution in [0.5, 0.6) is 5.75 Å². The third-order valence-electron chi connectivity index (χ3n) is 6.20. The normalized spacial score (nSPS) is 14.2. The Hall–Kier alpha value is -4.04. The van der Waals surface area contributed by atoms with Gasteiger partial charge in [-0.3, -0.25) is 4.79 Å². The minimum atomic E-state index is -0.478. The molecule has 0 aliphatic carbocycles. The number of fused-ring (bicyclic) bond motifs is 1. The second-order valence-corrected chi connectivity index (χ2v) is 8.51. The van der Waals surface area contributed by atoms with Crippen LogP contribution in [0.2, 0.25) is 0 Å². The number of halogens is 1.